The zero-order valence-electron chi connectivity index (χ0n) is 40.4. The second-order valence-electron chi connectivity index (χ2n) is 18.9. The Hall–Kier alpha value is -1.02. The Morgan fingerprint density at radius 1 is 0.567 bits per heavy atom. The SMILES string of the molecule is CCCC/C=C/CC/C=C/C(O)C(COP(=O)([O-])OCC[N+](C)(C)C)NC(=O)CCCCCCCCCCCCCCCCCCCCCCCCCCCCCCCC. The number of nitrogens with one attached hydrogen (secondary N) is 1. The molecule has 1 amide bonds. The average Bonchev–Trinajstić information content (AvgIpc) is 3.20. The lowest BCUT2D eigenvalue weighted by Crippen LogP contribution is -2.45. The molecule has 0 aliphatic rings. The number of phosphoric ester groups is 1. The molecule has 2 N–H and O–H groups in total. The van der Waals surface area contributed by atoms with Crippen LogP contribution in [0.1, 0.15) is 245 Å². The topological polar surface area (TPSA) is 108 Å². The third kappa shape index (κ3) is 45.0. The Labute approximate surface area is 373 Å². The number of hydrogen-bond acceptors (Lipinski definition) is 6. The van der Waals surface area contributed by atoms with Crippen molar-refractivity contribution in [3.8, 4) is 0 Å². The van der Waals surface area contributed by atoms with Crippen LogP contribution in [0, 0.1) is 0 Å². The van der Waals surface area contributed by atoms with E-state index >= 15 is 0 Å². The average molecular weight is 869 g/mol. The number of aliphatic hydroxyl groups is 1. The minimum atomic E-state index is -4.59. The summed E-state index contributed by atoms with van der Waals surface area (Å²) in [7, 11) is 1.25. The van der Waals surface area contributed by atoms with Gasteiger partial charge >= 0.3 is 0 Å². The fraction of sp³-hybridized carbons (Fsp3) is 0.902. The van der Waals surface area contributed by atoms with Gasteiger partial charge in [0.2, 0.25) is 5.91 Å². The van der Waals surface area contributed by atoms with E-state index in [-0.39, 0.29) is 19.1 Å². The van der Waals surface area contributed by atoms with Crippen molar-refractivity contribution in [3.05, 3.63) is 24.3 Å². The number of unbranched alkanes of at least 4 members (excludes halogenated alkanes) is 32. The summed E-state index contributed by atoms with van der Waals surface area (Å²) < 4.78 is 23.1. The number of nitrogens with zero attached hydrogens (tertiary/aromatic N) is 1. The lowest BCUT2D eigenvalue weighted by atomic mass is 10.0. The Balaban J connectivity index is 3.92. The molecule has 0 fully saturated rings. The molecule has 0 aliphatic heterocycles. The number of amides is 1. The van der Waals surface area contributed by atoms with Gasteiger partial charge in [-0.05, 0) is 25.7 Å². The number of phosphoric acid groups is 1. The van der Waals surface area contributed by atoms with Crippen molar-refractivity contribution in [2.75, 3.05) is 40.9 Å². The molecule has 0 aromatic carbocycles. The van der Waals surface area contributed by atoms with Crippen LogP contribution in [-0.4, -0.2) is 68.5 Å². The van der Waals surface area contributed by atoms with Crippen molar-refractivity contribution in [2.24, 2.45) is 0 Å². The van der Waals surface area contributed by atoms with E-state index in [4.69, 9.17) is 9.05 Å². The molecular weight excluding hydrogens is 768 g/mol. The molecule has 0 spiro atoms. The zero-order valence-corrected chi connectivity index (χ0v) is 41.3. The standard InChI is InChI=1S/C51H101N2O6P/c1-6-8-10-12-14-16-17-18-19-20-21-22-23-24-25-26-27-28-29-30-31-32-33-34-35-36-37-39-41-43-45-51(55)52-49(48-59-60(56,57)58-47-46-53(3,4)5)50(54)44-42-40-38-15-13-11-9-7-2/h13,15,42,44,49-50,54H,6-12,14,16-41,43,45-48H2,1-5H3,(H-,52,55,56,57)/b15-13+,44-42+. The number of quaternary nitrogens is 1. The highest BCUT2D eigenvalue weighted by atomic mass is 31.2. The zero-order chi connectivity index (χ0) is 44.3. The number of carbonyl (C=O) groups excluding carboxylic acids is 1. The van der Waals surface area contributed by atoms with Gasteiger partial charge in [-0.1, -0.05) is 237 Å². The van der Waals surface area contributed by atoms with E-state index in [1.165, 1.54) is 186 Å². The maximum Gasteiger partial charge on any atom is 0.268 e. The first-order chi connectivity index (χ1) is 29.0. The first-order valence-corrected chi connectivity index (χ1v) is 27.2. The van der Waals surface area contributed by atoms with E-state index in [0.717, 1.165) is 38.5 Å². The summed E-state index contributed by atoms with van der Waals surface area (Å²) in [4.78, 5) is 25.2. The highest BCUT2D eigenvalue weighted by Gasteiger charge is 2.23. The lowest BCUT2D eigenvalue weighted by molar-refractivity contribution is -0.870. The molecule has 0 bridgehead atoms. The van der Waals surface area contributed by atoms with Crippen LogP contribution in [0.4, 0.5) is 0 Å². The molecule has 0 aromatic heterocycles. The minimum absolute atomic E-state index is 0.00474. The third-order valence-electron chi connectivity index (χ3n) is 11.7. The number of aliphatic hydroxyl groups excluding tert-OH is 1. The third-order valence-corrected chi connectivity index (χ3v) is 12.6. The summed E-state index contributed by atoms with van der Waals surface area (Å²) in [5.74, 6) is -0.207. The van der Waals surface area contributed by atoms with Gasteiger partial charge in [0.25, 0.3) is 7.82 Å². The fourth-order valence-corrected chi connectivity index (χ4v) is 8.29. The molecule has 3 unspecified atom stereocenters. The summed E-state index contributed by atoms with van der Waals surface area (Å²) in [5, 5.41) is 13.7. The van der Waals surface area contributed by atoms with Crippen LogP contribution in [0.15, 0.2) is 24.3 Å². The predicted molar refractivity (Wildman–Crippen MR) is 256 cm³/mol. The maximum atomic E-state index is 12.8. The molecule has 8 nitrogen and oxygen atoms in total. The van der Waals surface area contributed by atoms with Gasteiger partial charge in [0.15, 0.2) is 0 Å². The second-order valence-corrected chi connectivity index (χ2v) is 20.3. The normalized spacial score (nSPS) is 14.3. The molecule has 9 heteroatoms. The van der Waals surface area contributed by atoms with Gasteiger partial charge in [-0.25, -0.2) is 0 Å². The van der Waals surface area contributed by atoms with Gasteiger partial charge < -0.3 is 28.8 Å². The smallest absolute Gasteiger partial charge is 0.268 e. The van der Waals surface area contributed by atoms with Gasteiger partial charge in [-0.2, -0.15) is 0 Å². The highest BCUT2D eigenvalue weighted by Crippen LogP contribution is 2.38. The number of hydrogen-bond donors (Lipinski definition) is 2. The van der Waals surface area contributed by atoms with Crippen molar-refractivity contribution in [3.63, 3.8) is 0 Å². The molecule has 0 heterocycles. The van der Waals surface area contributed by atoms with Crippen LogP contribution in [0.2, 0.25) is 0 Å². The Kier molecular flexibility index (Phi) is 42.5. The van der Waals surface area contributed by atoms with Crippen molar-refractivity contribution >= 4 is 13.7 Å². The molecule has 0 radical (unpaired) electrons. The van der Waals surface area contributed by atoms with Gasteiger partial charge in [0.1, 0.15) is 13.2 Å². The number of rotatable bonds is 47. The van der Waals surface area contributed by atoms with Gasteiger partial charge in [-0.3, -0.25) is 9.36 Å². The first-order valence-electron chi connectivity index (χ1n) is 25.7. The van der Waals surface area contributed by atoms with E-state index in [1.807, 2.05) is 27.2 Å². The Morgan fingerprint density at radius 3 is 1.33 bits per heavy atom. The monoisotopic (exact) mass is 869 g/mol. The summed E-state index contributed by atoms with van der Waals surface area (Å²) >= 11 is 0. The van der Waals surface area contributed by atoms with Crippen molar-refractivity contribution in [1.82, 2.24) is 5.32 Å². The van der Waals surface area contributed by atoms with E-state index in [0.29, 0.717) is 17.4 Å². The number of likely N-dealkylation sites (N-methyl/N-ethyl adjacent to an activating group) is 1. The van der Waals surface area contributed by atoms with Gasteiger partial charge in [-0.15, -0.1) is 0 Å². The largest absolute Gasteiger partial charge is 0.756 e. The van der Waals surface area contributed by atoms with E-state index in [1.54, 1.807) is 6.08 Å². The van der Waals surface area contributed by atoms with Gasteiger partial charge in [0, 0.05) is 6.42 Å². The minimum Gasteiger partial charge on any atom is -0.756 e. The van der Waals surface area contributed by atoms with Gasteiger partial charge in [0.05, 0.1) is 39.9 Å². The van der Waals surface area contributed by atoms with Crippen molar-refractivity contribution in [1.29, 1.82) is 0 Å². The number of carbonyl (C=O) groups is 1. The Morgan fingerprint density at radius 2 is 0.933 bits per heavy atom. The lowest BCUT2D eigenvalue weighted by Gasteiger charge is -2.29. The first kappa shape index (κ1) is 59.0. The quantitative estimate of drug-likeness (QED) is 0.0273. The van der Waals surface area contributed by atoms with Crippen LogP contribution in [0.5, 0.6) is 0 Å². The molecule has 0 aromatic rings. The Bertz CT molecular complexity index is 1030. The van der Waals surface area contributed by atoms with Crippen molar-refractivity contribution in [2.45, 2.75) is 257 Å². The molecule has 0 saturated carbocycles. The molecule has 0 rings (SSSR count). The van der Waals surface area contributed by atoms with Crippen LogP contribution in [0.3, 0.4) is 0 Å². The van der Waals surface area contributed by atoms with Crippen LogP contribution in [0.25, 0.3) is 0 Å². The predicted octanol–water partition coefficient (Wildman–Crippen LogP) is 14.2. The summed E-state index contributed by atoms with van der Waals surface area (Å²) in [6, 6.07) is -0.897. The van der Waals surface area contributed by atoms with Crippen molar-refractivity contribution < 1.29 is 32.9 Å². The molecule has 60 heavy (non-hydrogen) atoms. The molecule has 3 atom stereocenters. The summed E-state index contributed by atoms with van der Waals surface area (Å²) in [5.41, 5.74) is 0. The molecule has 356 valence electrons. The van der Waals surface area contributed by atoms with Crippen LogP contribution in [-0.2, 0) is 18.4 Å². The molecular formula is C51H101N2O6P. The molecule has 0 saturated heterocycles. The molecule has 0 aliphatic carbocycles. The highest BCUT2D eigenvalue weighted by molar-refractivity contribution is 7.45. The van der Waals surface area contributed by atoms with E-state index in [9.17, 15) is 19.4 Å². The fourth-order valence-electron chi connectivity index (χ4n) is 7.57. The maximum absolute atomic E-state index is 12.8. The second kappa shape index (κ2) is 43.2. The van der Waals surface area contributed by atoms with Crippen LogP contribution >= 0.6 is 7.82 Å². The van der Waals surface area contributed by atoms with E-state index in [2.05, 4.69) is 31.3 Å². The van der Waals surface area contributed by atoms with Crippen LogP contribution < -0.4 is 10.2 Å². The summed E-state index contributed by atoms with van der Waals surface area (Å²) in [6.45, 7) is 4.57. The number of allylic oxidation sites excluding steroid dienone is 3. The van der Waals surface area contributed by atoms with E-state index < -0.39 is 20.0 Å². The summed E-state index contributed by atoms with van der Waals surface area (Å²) in [6.07, 6.45) is 52.9.